The monoisotopic (exact) mass is 626 g/mol. The largest absolute Gasteiger partial charge is 0.351 e. The van der Waals surface area contributed by atoms with E-state index in [-0.39, 0.29) is 11.5 Å². The van der Waals surface area contributed by atoms with Crippen molar-refractivity contribution < 1.29 is 4.79 Å². The fraction of sp³-hybridized carbons (Fsp3) is 0.447. The molecule has 2 aliphatic rings. The number of nitrogens with one attached hydrogen (secondary N) is 2. The topological polar surface area (TPSA) is 78.1 Å². The minimum absolute atomic E-state index is 0.0234. The molecular formula is C38H50N4O2S. The molecule has 1 aliphatic carbocycles. The number of benzene rings is 1. The molecule has 6 nitrogen and oxygen atoms in total. The number of nitrogens with zero attached hydrogens (tertiary/aromatic N) is 2. The van der Waals surface area contributed by atoms with Crippen LogP contribution in [0.2, 0.25) is 0 Å². The molecule has 1 saturated heterocycles. The van der Waals surface area contributed by atoms with Crippen molar-refractivity contribution in [2.45, 2.75) is 79.1 Å². The van der Waals surface area contributed by atoms with Crippen molar-refractivity contribution in [2.75, 3.05) is 26.2 Å². The molecule has 0 bridgehead atoms. The maximum Gasteiger partial charge on any atom is 0.261 e. The number of pyridine rings is 2. The summed E-state index contributed by atoms with van der Waals surface area (Å²) >= 11 is 1.53. The second-order valence-electron chi connectivity index (χ2n) is 12.3. The number of aromatic nitrogens is 2. The molecule has 0 unspecified atom stereocenters. The maximum absolute atomic E-state index is 12.4. The van der Waals surface area contributed by atoms with Gasteiger partial charge in [0.05, 0.1) is 4.88 Å². The zero-order chi connectivity index (χ0) is 32.6. The summed E-state index contributed by atoms with van der Waals surface area (Å²) in [6.07, 6.45) is 19.5. The molecule has 7 heteroatoms. The summed E-state index contributed by atoms with van der Waals surface area (Å²) < 4.78 is 0. The minimum atomic E-state index is -0.0234. The van der Waals surface area contributed by atoms with Gasteiger partial charge in [0.25, 0.3) is 11.5 Å². The van der Waals surface area contributed by atoms with Gasteiger partial charge in [-0.3, -0.25) is 9.59 Å². The number of H-pyrrole nitrogens is 1. The molecule has 0 atom stereocenters. The van der Waals surface area contributed by atoms with Gasteiger partial charge in [-0.1, -0.05) is 57.5 Å². The van der Waals surface area contributed by atoms with E-state index in [0.717, 1.165) is 70.1 Å². The summed E-state index contributed by atoms with van der Waals surface area (Å²) in [6, 6.07) is 16.1. The summed E-state index contributed by atoms with van der Waals surface area (Å²) in [6.45, 7) is 12.6. The van der Waals surface area contributed by atoms with E-state index in [0.29, 0.717) is 0 Å². The van der Waals surface area contributed by atoms with Gasteiger partial charge in [0, 0.05) is 29.4 Å². The van der Waals surface area contributed by atoms with E-state index in [1.807, 2.05) is 49.4 Å². The third-order valence-electron chi connectivity index (χ3n) is 7.59. The second kappa shape index (κ2) is 18.9. The third-order valence-corrected chi connectivity index (χ3v) is 8.64. The Morgan fingerprint density at radius 3 is 2.36 bits per heavy atom. The Hall–Kier alpha value is -3.73. The van der Waals surface area contributed by atoms with E-state index >= 15 is 0 Å². The molecule has 0 saturated carbocycles. The van der Waals surface area contributed by atoms with Gasteiger partial charge in [0.1, 0.15) is 4.83 Å². The van der Waals surface area contributed by atoms with Crippen LogP contribution in [0.25, 0.3) is 21.3 Å². The van der Waals surface area contributed by atoms with Crippen molar-refractivity contribution >= 4 is 27.5 Å². The van der Waals surface area contributed by atoms with E-state index in [2.05, 4.69) is 54.9 Å². The normalized spacial score (nSPS) is 14.1. The average molecular weight is 627 g/mol. The van der Waals surface area contributed by atoms with E-state index < -0.39 is 0 Å². The van der Waals surface area contributed by atoms with Crippen molar-refractivity contribution in [1.29, 1.82) is 0 Å². The van der Waals surface area contributed by atoms with Gasteiger partial charge < -0.3 is 15.2 Å². The smallest absolute Gasteiger partial charge is 0.261 e. The molecule has 1 aliphatic heterocycles. The SMILES string of the molecule is C#C.CC(C)C.Cc1cc(-c2ccccc2)c[nH]c1=O.O=C(NCCCN1CCCCC1)c1cc2cc3c(nc2s1)CCCC3. The van der Waals surface area contributed by atoms with Gasteiger partial charge in [0.15, 0.2) is 0 Å². The van der Waals surface area contributed by atoms with Crippen LogP contribution in [0.5, 0.6) is 0 Å². The summed E-state index contributed by atoms with van der Waals surface area (Å²) in [5.74, 6) is 0.889. The van der Waals surface area contributed by atoms with Crippen LogP contribution in [-0.4, -0.2) is 47.0 Å². The number of amides is 1. The van der Waals surface area contributed by atoms with Crippen LogP contribution < -0.4 is 10.9 Å². The van der Waals surface area contributed by atoms with Crippen LogP contribution in [0.4, 0.5) is 0 Å². The molecule has 0 spiro atoms. The Labute approximate surface area is 273 Å². The lowest BCUT2D eigenvalue weighted by atomic mass is 9.96. The van der Waals surface area contributed by atoms with E-state index in [1.54, 1.807) is 6.20 Å². The number of aromatic amines is 1. The lowest BCUT2D eigenvalue weighted by molar-refractivity contribution is 0.0955. The Morgan fingerprint density at radius 1 is 0.978 bits per heavy atom. The van der Waals surface area contributed by atoms with Gasteiger partial charge >= 0.3 is 0 Å². The lowest BCUT2D eigenvalue weighted by Crippen LogP contribution is -2.33. The number of fused-ring (bicyclic) bond motifs is 2. The fourth-order valence-corrected chi connectivity index (χ4v) is 6.32. The number of hydrogen-bond donors (Lipinski definition) is 2. The number of carbonyl (C=O) groups is 1. The molecule has 0 radical (unpaired) electrons. The zero-order valence-electron chi connectivity index (χ0n) is 27.5. The van der Waals surface area contributed by atoms with Gasteiger partial charge in [-0.15, -0.1) is 24.2 Å². The highest BCUT2D eigenvalue weighted by Crippen LogP contribution is 2.29. The van der Waals surface area contributed by atoms with Crippen LogP contribution in [0.3, 0.4) is 0 Å². The first-order valence-electron chi connectivity index (χ1n) is 16.3. The van der Waals surface area contributed by atoms with Crippen molar-refractivity contribution in [3.63, 3.8) is 0 Å². The van der Waals surface area contributed by atoms with Crippen LogP contribution in [-0.2, 0) is 12.8 Å². The summed E-state index contributed by atoms with van der Waals surface area (Å²) in [5.41, 5.74) is 5.50. The molecule has 1 amide bonds. The number of rotatable bonds is 6. The summed E-state index contributed by atoms with van der Waals surface area (Å²) in [7, 11) is 0. The predicted molar refractivity (Wildman–Crippen MR) is 191 cm³/mol. The number of piperidine rings is 1. The van der Waals surface area contributed by atoms with E-state index in [1.165, 1.54) is 67.8 Å². The molecule has 1 fully saturated rings. The first-order valence-corrected chi connectivity index (χ1v) is 17.1. The summed E-state index contributed by atoms with van der Waals surface area (Å²) in [4.78, 5) is 35.4. The van der Waals surface area contributed by atoms with E-state index in [9.17, 15) is 9.59 Å². The molecule has 4 aromatic rings. The molecule has 3 aromatic heterocycles. The molecule has 4 heterocycles. The number of likely N-dealkylation sites (tertiary alicyclic amines) is 1. The Balaban J connectivity index is 0.000000233. The zero-order valence-corrected chi connectivity index (χ0v) is 28.3. The predicted octanol–water partition coefficient (Wildman–Crippen LogP) is 8.04. The highest BCUT2D eigenvalue weighted by Gasteiger charge is 2.16. The van der Waals surface area contributed by atoms with Crippen molar-refractivity contribution in [3.05, 3.63) is 86.8 Å². The van der Waals surface area contributed by atoms with Crippen LogP contribution in [0.15, 0.2) is 59.5 Å². The van der Waals surface area contributed by atoms with Crippen LogP contribution in [0, 0.1) is 25.7 Å². The number of thiophene rings is 1. The van der Waals surface area contributed by atoms with Gasteiger partial charge in [-0.25, -0.2) is 4.98 Å². The highest BCUT2D eigenvalue weighted by atomic mass is 32.1. The second-order valence-corrected chi connectivity index (χ2v) is 13.3. The first-order chi connectivity index (χ1) is 21.8. The maximum atomic E-state index is 12.4. The van der Waals surface area contributed by atoms with Crippen molar-refractivity contribution in [3.8, 4) is 24.0 Å². The third kappa shape index (κ3) is 11.6. The number of hydrogen-bond acceptors (Lipinski definition) is 5. The molecule has 45 heavy (non-hydrogen) atoms. The van der Waals surface area contributed by atoms with Crippen molar-refractivity contribution in [1.82, 2.24) is 20.2 Å². The van der Waals surface area contributed by atoms with Gasteiger partial charge in [0.2, 0.25) is 0 Å². The Morgan fingerprint density at radius 2 is 1.67 bits per heavy atom. The quantitative estimate of drug-likeness (QED) is 0.168. The van der Waals surface area contributed by atoms with E-state index in [4.69, 9.17) is 4.98 Å². The summed E-state index contributed by atoms with van der Waals surface area (Å²) in [5, 5.41) is 4.21. The fourth-order valence-electron chi connectivity index (χ4n) is 5.37. The van der Waals surface area contributed by atoms with Gasteiger partial charge in [-0.05, 0) is 112 Å². The van der Waals surface area contributed by atoms with Crippen LogP contribution >= 0.6 is 11.3 Å². The highest BCUT2D eigenvalue weighted by molar-refractivity contribution is 7.20. The lowest BCUT2D eigenvalue weighted by Gasteiger charge is -2.26. The number of aryl methyl sites for hydroxylation is 3. The number of carbonyl (C=O) groups excluding carboxylic acids is 1. The molecular weight excluding hydrogens is 577 g/mol. The Bertz CT molecular complexity index is 1500. The molecule has 240 valence electrons. The first kappa shape index (κ1) is 35.7. The Kier molecular flexibility index (Phi) is 15.0. The molecule has 6 rings (SSSR count). The average Bonchev–Trinajstić information content (AvgIpc) is 3.48. The van der Waals surface area contributed by atoms with Crippen molar-refractivity contribution in [2.24, 2.45) is 5.92 Å². The van der Waals surface area contributed by atoms with Gasteiger partial charge in [-0.2, -0.15) is 0 Å². The molecule has 2 N–H and O–H groups in total. The molecule has 1 aromatic carbocycles. The standard InChI is InChI=1S/C20H27N3OS.C12H11NO.C4H10.C2H2/c24-19(21-9-6-12-23-10-4-1-5-11-23)18-14-16-13-15-7-2-3-8-17(15)22-20(16)25-18;1-9-7-11(8-13-12(9)14)10-5-3-2-4-6-10;1-4(2)3;1-2/h13-14H,1-12H2,(H,21,24);2-8H,1H3,(H,13,14);4H,1-3H3;1-2H. The minimum Gasteiger partial charge on any atom is -0.351 e. The number of terminal acetylenes is 1. The van der Waals surface area contributed by atoms with Crippen LogP contribution in [0.1, 0.15) is 85.8 Å².